The number of halogens is 9. The van der Waals surface area contributed by atoms with E-state index >= 15 is 0 Å². The molecule has 0 unspecified atom stereocenters. The molecule has 0 N–H and O–H groups in total. The maximum atomic E-state index is 14.8. The number of hydrogen-bond donors (Lipinski definition) is 0. The van der Waals surface area contributed by atoms with Gasteiger partial charge in [0, 0.05) is 23.3 Å². The molecule has 0 aliphatic rings. The lowest BCUT2D eigenvalue weighted by Crippen LogP contribution is -2.25. The minimum atomic E-state index is -4.65. The van der Waals surface area contributed by atoms with Crippen LogP contribution in [-0.4, -0.2) is 6.61 Å². The molecule has 0 amide bonds. The molecule has 0 spiro atoms. The summed E-state index contributed by atoms with van der Waals surface area (Å²) >= 11 is 0. The van der Waals surface area contributed by atoms with Gasteiger partial charge in [-0.3, -0.25) is 0 Å². The number of unbranched alkanes of at least 4 members (excludes halogenated alkanes) is 1. The van der Waals surface area contributed by atoms with Crippen molar-refractivity contribution in [1.82, 2.24) is 0 Å². The zero-order valence-corrected chi connectivity index (χ0v) is 21.6. The topological polar surface area (TPSA) is 18.5 Å². The van der Waals surface area contributed by atoms with Crippen LogP contribution in [0, 0.1) is 52.6 Å². The van der Waals surface area contributed by atoms with Crippen LogP contribution in [-0.2, 0) is 6.11 Å². The van der Waals surface area contributed by atoms with E-state index in [1.54, 1.807) is 0 Å². The van der Waals surface area contributed by atoms with Crippen molar-refractivity contribution in [2.75, 3.05) is 6.61 Å². The highest BCUT2D eigenvalue weighted by molar-refractivity contribution is 5.65. The van der Waals surface area contributed by atoms with Crippen LogP contribution in [0.3, 0.4) is 0 Å². The second-order valence-corrected chi connectivity index (χ2v) is 8.92. The first-order valence-corrected chi connectivity index (χ1v) is 12.3. The van der Waals surface area contributed by atoms with E-state index in [0.29, 0.717) is 36.9 Å². The van der Waals surface area contributed by atoms with E-state index < -0.39 is 69.3 Å². The molecule has 218 valence electrons. The molecule has 0 saturated heterocycles. The first-order valence-electron chi connectivity index (χ1n) is 12.3. The molecular weight excluding hydrogens is 575 g/mol. The van der Waals surface area contributed by atoms with Crippen molar-refractivity contribution in [3.63, 3.8) is 0 Å². The van der Waals surface area contributed by atoms with Gasteiger partial charge in [0.1, 0.15) is 40.3 Å². The first-order chi connectivity index (χ1) is 19.9. The fraction of sp³-hybridized carbons (Fsp3) is 0.161. The van der Waals surface area contributed by atoms with Gasteiger partial charge in [0.05, 0.1) is 12.2 Å². The maximum Gasteiger partial charge on any atom is 0.432 e. The fourth-order valence-electron chi connectivity index (χ4n) is 3.79. The Kier molecular flexibility index (Phi) is 9.05. The van der Waals surface area contributed by atoms with Crippen molar-refractivity contribution in [3.05, 3.63) is 118 Å². The zero-order valence-electron chi connectivity index (χ0n) is 21.6. The van der Waals surface area contributed by atoms with Crippen molar-refractivity contribution in [2.45, 2.75) is 25.9 Å². The van der Waals surface area contributed by atoms with Crippen LogP contribution < -0.4 is 9.47 Å². The number of rotatable bonds is 8. The van der Waals surface area contributed by atoms with Gasteiger partial charge in [-0.05, 0) is 60.5 Å². The standard InChI is InChI=1S/C31H19F9O2/c1-2-3-10-41-20-7-6-18(23(32)15-20)5-4-17-11-25(34)29(26(35)12-17)31(39,40)42-21-8-9-22(24(33)16-21)19-13-27(36)30(38)28(37)14-19/h6-9,11-16H,2-3,10H2,1H3. The van der Waals surface area contributed by atoms with E-state index in [-0.39, 0.29) is 16.9 Å². The average molecular weight is 594 g/mol. The van der Waals surface area contributed by atoms with Crippen LogP contribution in [0.2, 0.25) is 0 Å². The highest BCUT2D eigenvalue weighted by Gasteiger charge is 2.41. The average Bonchev–Trinajstić information content (AvgIpc) is 2.90. The van der Waals surface area contributed by atoms with Crippen molar-refractivity contribution in [2.24, 2.45) is 0 Å². The number of benzene rings is 4. The zero-order chi connectivity index (χ0) is 30.6. The largest absolute Gasteiger partial charge is 0.493 e. The van der Waals surface area contributed by atoms with Crippen LogP contribution in [0.15, 0.2) is 60.7 Å². The van der Waals surface area contributed by atoms with Crippen LogP contribution >= 0.6 is 0 Å². The molecule has 0 aliphatic heterocycles. The summed E-state index contributed by atoms with van der Waals surface area (Å²) in [6.45, 7) is 2.35. The molecule has 0 aliphatic carbocycles. The molecule has 0 fully saturated rings. The van der Waals surface area contributed by atoms with Gasteiger partial charge in [-0.15, -0.1) is 0 Å². The molecule has 0 atom stereocenters. The molecular formula is C31H19F9O2. The van der Waals surface area contributed by atoms with Gasteiger partial charge in [-0.25, -0.2) is 30.7 Å². The Labute approximate surface area is 234 Å². The summed E-state index contributed by atoms with van der Waals surface area (Å²) in [6.07, 6.45) is -3.00. The van der Waals surface area contributed by atoms with E-state index in [0.717, 1.165) is 31.0 Å². The fourth-order valence-corrected chi connectivity index (χ4v) is 3.79. The van der Waals surface area contributed by atoms with Gasteiger partial charge in [0.15, 0.2) is 17.5 Å². The van der Waals surface area contributed by atoms with Crippen molar-refractivity contribution >= 4 is 0 Å². The summed E-state index contributed by atoms with van der Waals surface area (Å²) in [5, 5.41) is 0. The van der Waals surface area contributed by atoms with Crippen LogP contribution in [0.1, 0.15) is 36.5 Å². The minimum absolute atomic E-state index is 0.131. The quantitative estimate of drug-likeness (QED) is 0.0878. The lowest BCUT2D eigenvalue weighted by Gasteiger charge is -2.20. The number of ether oxygens (including phenoxy) is 2. The van der Waals surface area contributed by atoms with Gasteiger partial charge < -0.3 is 9.47 Å². The Balaban J connectivity index is 1.54. The smallest absolute Gasteiger partial charge is 0.432 e. The van der Waals surface area contributed by atoms with Gasteiger partial charge in [-0.2, -0.15) is 8.78 Å². The SMILES string of the molecule is CCCCOc1ccc(C#Cc2cc(F)c(C(F)(F)Oc3ccc(-c4cc(F)c(F)c(F)c4)c(F)c3)c(F)c2)c(F)c1. The first kappa shape index (κ1) is 30.4. The second kappa shape index (κ2) is 12.5. The van der Waals surface area contributed by atoms with E-state index in [1.807, 2.05) is 6.92 Å². The highest BCUT2D eigenvalue weighted by Crippen LogP contribution is 2.37. The highest BCUT2D eigenvalue weighted by atomic mass is 19.3. The second-order valence-electron chi connectivity index (χ2n) is 8.92. The Morgan fingerprint density at radius 2 is 1.29 bits per heavy atom. The summed E-state index contributed by atoms with van der Waals surface area (Å²) in [4.78, 5) is 0. The van der Waals surface area contributed by atoms with Crippen LogP contribution in [0.4, 0.5) is 39.5 Å². The number of alkyl halides is 2. The summed E-state index contributed by atoms with van der Waals surface area (Å²) in [6, 6.07) is 7.77. The predicted octanol–water partition coefficient (Wildman–Crippen LogP) is 9.03. The third-order valence-corrected chi connectivity index (χ3v) is 5.86. The van der Waals surface area contributed by atoms with Crippen molar-refractivity contribution < 1.29 is 49.0 Å². The van der Waals surface area contributed by atoms with E-state index in [4.69, 9.17) is 4.74 Å². The molecule has 0 aromatic heterocycles. The van der Waals surface area contributed by atoms with Gasteiger partial charge in [0.25, 0.3) is 0 Å². The predicted molar refractivity (Wildman–Crippen MR) is 135 cm³/mol. The monoisotopic (exact) mass is 594 g/mol. The molecule has 4 aromatic carbocycles. The Morgan fingerprint density at radius 1 is 0.667 bits per heavy atom. The van der Waals surface area contributed by atoms with Crippen molar-refractivity contribution in [3.8, 4) is 34.5 Å². The van der Waals surface area contributed by atoms with Crippen molar-refractivity contribution in [1.29, 1.82) is 0 Å². The molecule has 0 bridgehead atoms. The summed E-state index contributed by atoms with van der Waals surface area (Å²) in [5.74, 6) is -6.51. The molecule has 4 rings (SSSR count). The van der Waals surface area contributed by atoms with Gasteiger partial charge >= 0.3 is 6.11 Å². The normalized spacial score (nSPS) is 11.2. The molecule has 0 saturated carbocycles. The van der Waals surface area contributed by atoms with E-state index in [2.05, 4.69) is 16.6 Å². The Hall–Kier alpha value is -4.59. The third-order valence-electron chi connectivity index (χ3n) is 5.86. The van der Waals surface area contributed by atoms with E-state index in [1.165, 1.54) is 12.1 Å². The van der Waals surface area contributed by atoms with E-state index in [9.17, 15) is 39.5 Å². The lowest BCUT2D eigenvalue weighted by molar-refractivity contribution is -0.189. The van der Waals surface area contributed by atoms with Gasteiger partial charge in [-0.1, -0.05) is 25.2 Å². The Bertz CT molecular complexity index is 1640. The van der Waals surface area contributed by atoms with Crippen LogP contribution in [0.25, 0.3) is 11.1 Å². The van der Waals surface area contributed by atoms with Gasteiger partial charge in [0.2, 0.25) is 0 Å². The summed E-state index contributed by atoms with van der Waals surface area (Å²) in [7, 11) is 0. The molecule has 0 radical (unpaired) electrons. The molecule has 4 aromatic rings. The van der Waals surface area contributed by atoms with Crippen LogP contribution in [0.5, 0.6) is 11.5 Å². The summed E-state index contributed by atoms with van der Waals surface area (Å²) < 4.78 is 138. The summed E-state index contributed by atoms with van der Waals surface area (Å²) in [5.41, 5.74) is -3.25. The molecule has 0 heterocycles. The maximum absolute atomic E-state index is 14.8. The number of hydrogen-bond acceptors (Lipinski definition) is 2. The third kappa shape index (κ3) is 6.82. The molecule has 11 heteroatoms. The molecule has 42 heavy (non-hydrogen) atoms. The Morgan fingerprint density at radius 3 is 1.88 bits per heavy atom. The minimum Gasteiger partial charge on any atom is -0.493 e. The lowest BCUT2D eigenvalue weighted by atomic mass is 10.0. The molecule has 2 nitrogen and oxygen atoms in total.